The third kappa shape index (κ3) is 3.30. The fraction of sp³-hybridized carbons (Fsp3) is 0.625. The van der Waals surface area contributed by atoms with E-state index in [-0.39, 0.29) is 16.9 Å². The maximum atomic E-state index is 14.1. The zero-order valence-corrected chi connectivity index (χ0v) is 13.1. The lowest BCUT2D eigenvalue weighted by molar-refractivity contribution is 0.0315. The molecule has 0 amide bonds. The highest BCUT2D eigenvalue weighted by Gasteiger charge is 2.37. The molecule has 0 unspecified atom stereocenters. The predicted molar refractivity (Wildman–Crippen MR) is 79.5 cm³/mol. The minimum absolute atomic E-state index is 0.0158. The van der Waals surface area contributed by atoms with Crippen molar-refractivity contribution in [1.82, 2.24) is 10.2 Å². The number of nitrogens with one attached hydrogen (secondary N) is 1. The Hall–Kier alpha value is -1.13. The maximum absolute atomic E-state index is 14.1. The van der Waals surface area contributed by atoms with Crippen LogP contribution in [0.25, 0.3) is 0 Å². The summed E-state index contributed by atoms with van der Waals surface area (Å²) in [5, 5.41) is 3.54. The van der Waals surface area contributed by atoms with Gasteiger partial charge in [-0.05, 0) is 33.8 Å². The van der Waals surface area contributed by atoms with Crippen LogP contribution in [0.2, 0.25) is 0 Å². The zero-order valence-electron chi connectivity index (χ0n) is 13.1. The standard InChI is InChI=1S/C16H25FN2O/c1-15(2)11-19(16(3,4)10-18-15)9-12-6-7-13(20-5)8-14(12)17/h6-8,18H,9-11H2,1-5H3. The Morgan fingerprint density at radius 2 is 2.00 bits per heavy atom. The molecule has 112 valence electrons. The van der Waals surface area contributed by atoms with Crippen molar-refractivity contribution < 1.29 is 9.13 Å². The van der Waals surface area contributed by atoms with Crippen molar-refractivity contribution in [3.8, 4) is 5.75 Å². The molecule has 1 aromatic rings. The molecule has 0 aliphatic carbocycles. The van der Waals surface area contributed by atoms with E-state index in [9.17, 15) is 4.39 Å². The van der Waals surface area contributed by atoms with Gasteiger partial charge in [-0.15, -0.1) is 0 Å². The van der Waals surface area contributed by atoms with E-state index in [1.165, 1.54) is 6.07 Å². The molecule has 0 saturated carbocycles. The quantitative estimate of drug-likeness (QED) is 0.921. The Morgan fingerprint density at radius 3 is 2.60 bits per heavy atom. The highest BCUT2D eigenvalue weighted by molar-refractivity contribution is 5.29. The van der Waals surface area contributed by atoms with Crippen LogP contribution in [-0.4, -0.2) is 36.2 Å². The van der Waals surface area contributed by atoms with Crippen LogP contribution in [0.15, 0.2) is 18.2 Å². The molecule has 2 rings (SSSR count). The molecule has 0 aromatic heterocycles. The molecule has 1 heterocycles. The average Bonchev–Trinajstić information content (AvgIpc) is 2.36. The van der Waals surface area contributed by atoms with E-state index in [1.54, 1.807) is 7.11 Å². The maximum Gasteiger partial charge on any atom is 0.131 e. The number of piperazine rings is 1. The molecule has 0 radical (unpaired) electrons. The van der Waals surface area contributed by atoms with Gasteiger partial charge >= 0.3 is 0 Å². The minimum Gasteiger partial charge on any atom is -0.497 e. The highest BCUT2D eigenvalue weighted by atomic mass is 19.1. The number of ether oxygens (including phenoxy) is 1. The summed E-state index contributed by atoms with van der Waals surface area (Å²) in [5.74, 6) is 0.364. The van der Waals surface area contributed by atoms with E-state index in [2.05, 4.69) is 37.9 Å². The van der Waals surface area contributed by atoms with Crippen LogP contribution in [0, 0.1) is 5.82 Å². The topological polar surface area (TPSA) is 24.5 Å². The van der Waals surface area contributed by atoms with E-state index in [1.807, 2.05) is 12.1 Å². The normalized spacial score (nSPS) is 21.7. The molecule has 1 aromatic carbocycles. The molecule has 20 heavy (non-hydrogen) atoms. The van der Waals surface area contributed by atoms with Gasteiger partial charge in [0.2, 0.25) is 0 Å². The van der Waals surface area contributed by atoms with Gasteiger partial charge in [0.25, 0.3) is 0 Å². The Bertz CT molecular complexity index is 485. The van der Waals surface area contributed by atoms with E-state index in [0.717, 1.165) is 18.7 Å². The van der Waals surface area contributed by atoms with Crippen LogP contribution in [0.1, 0.15) is 33.3 Å². The van der Waals surface area contributed by atoms with E-state index < -0.39 is 0 Å². The van der Waals surface area contributed by atoms with E-state index in [4.69, 9.17) is 4.74 Å². The minimum atomic E-state index is -0.198. The number of rotatable bonds is 3. The molecule has 0 spiro atoms. The van der Waals surface area contributed by atoms with Gasteiger partial charge in [0, 0.05) is 42.3 Å². The van der Waals surface area contributed by atoms with Crippen LogP contribution in [0.4, 0.5) is 4.39 Å². The number of hydrogen-bond donors (Lipinski definition) is 1. The number of methoxy groups -OCH3 is 1. The van der Waals surface area contributed by atoms with Crippen molar-refractivity contribution in [2.75, 3.05) is 20.2 Å². The summed E-state index contributed by atoms with van der Waals surface area (Å²) < 4.78 is 19.2. The smallest absolute Gasteiger partial charge is 0.131 e. The number of nitrogens with zero attached hydrogens (tertiary/aromatic N) is 1. The first-order valence-electron chi connectivity index (χ1n) is 7.06. The SMILES string of the molecule is COc1ccc(CN2CC(C)(C)NCC2(C)C)c(F)c1. The van der Waals surface area contributed by atoms with Crippen molar-refractivity contribution in [1.29, 1.82) is 0 Å². The first-order valence-corrected chi connectivity index (χ1v) is 7.06. The number of benzene rings is 1. The van der Waals surface area contributed by atoms with Gasteiger partial charge in [-0.1, -0.05) is 6.07 Å². The van der Waals surface area contributed by atoms with Crippen molar-refractivity contribution >= 4 is 0 Å². The third-order valence-corrected chi connectivity index (χ3v) is 4.06. The van der Waals surface area contributed by atoms with Gasteiger partial charge in [0.15, 0.2) is 0 Å². The second kappa shape index (κ2) is 5.34. The van der Waals surface area contributed by atoms with E-state index >= 15 is 0 Å². The molecule has 1 fully saturated rings. The fourth-order valence-electron chi connectivity index (χ4n) is 2.57. The van der Waals surface area contributed by atoms with Gasteiger partial charge in [-0.3, -0.25) is 4.90 Å². The van der Waals surface area contributed by atoms with E-state index in [0.29, 0.717) is 12.3 Å². The molecule has 3 nitrogen and oxygen atoms in total. The summed E-state index contributed by atoms with van der Waals surface area (Å²) in [4.78, 5) is 2.34. The summed E-state index contributed by atoms with van der Waals surface area (Å²) in [7, 11) is 1.55. The number of halogens is 1. The lowest BCUT2D eigenvalue weighted by Gasteiger charge is -2.49. The van der Waals surface area contributed by atoms with Crippen LogP contribution < -0.4 is 10.1 Å². The highest BCUT2D eigenvalue weighted by Crippen LogP contribution is 2.27. The summed E-state index contributed by atoms with van der Waals surface area (Å²) in [6.45, 7) is 11.2. The Labute approximate surface area is 121 Å². The Kier molecular flexibility index (Phi) is 4.07. The molecule has 1 saturated heterocycles. The van der Waals surface area contributed by atoms with Crippen molar-refractivity contribution in [3.63, 3.8) is 0 Å². The summed E-state index contributed by atoms with van der Waals surface area (Å²) in [5.41, 5.74) is 0.789. The van der Waals surface area contributed by atoms with Crippen LogP contribution in [0.5, 0.6) is 5.75 Å². The number of hydrogen-bond acceptors (Lipinski definition) is 3. The van der Waals surface area contributed by atoms with Crippen molar-refractivity contribution in [3.05, 3.63) is 29.6 Å². The van der Waals surface area contributed by atoms with Crippen molar-refractivity contribution in [2.24, 2.45) is 0 Å². The lowest BCUT2D eigenvalue weighted by atomic mass is 9.91. The summed E-state index contributed by atoms with van der Waals surface area (Å²) in [6, 6.07) is 5.09. The first-order chi connectivity index (χ1) is 9.23. The molecule has 0 bridgehead atoms. The molecular formula is C16H25FN2O. The molecule has 4 heteroatoms. The second-order valence-electron chi connectivity index (χ2n) is 6.86. The van der Waals surface area contributed by atoms with Crippen LogP contribution in [0.3, 0.4) is 0 Å². The predicted octanol–water partition coefficient (Wildman–Crippen LogP) is 2.80. The molecule has 1 aliphatic rings. The Balaban J connectivity index is 2.19. The lowest BCUT2D eigenvalue weighted by Crippen LogP contribution is -2.65. The van der Waals surface area contributed by atoms with Gasteiger partial charge in [-0.25, -0.2) is 4.39 Å². The van der Waals surface area contributed by atoms with Gasteiger partial charge in [0.05, 0.1) is 7.11 Å². The van der Waals surface area contributed by atoms with Gasteiger partial charge < -0.3 is 10.1 Å². The molecule has 0 atom stereocenters. The summed E-state index contributed by atoms with van der Waals surface area (Å²) in [6.07, 6.45) is 0. The monoisotopic (exact) mass is 280 g/mol. The van der Waals surface area contributed by atoms with Gasteiger partial charge in [0.1, 0.15) is 11.6 Å². The molecule has 1 aliphatic heterocycles. The Morgan fingerprint density at radius 1 is 1.30 bits per heavy atom. The van der Waals surface area contributed by atoms with Gasteiger partial charge in [-0.2, -0.15) is 0 Å². The first kappa shape index (κ1) is 15.3. The second-order valence-corrected chi connectivity index (χ2v) is 6.86. The third-order valence-electron chi connectivity index (χ3n) is 4.06. The largest absolute Gasteiger partial charge is 0.497 e. The molecular weight excluding hydrogens is 255 g/mol. The van der Waals surface area contributed by atoms with Crippen LogP contribution >= 0.6 is 0 Å². The molecule has 1 N–H and O–H groups in total. The average molecular weight is 280 g/mol. The van der Waals surface area contributed by atoms with Crippen molar-refractivity contribution in [2.45, 2.75) is 45.3 Å². The summed E-state index contributed by atoms with van der Waals surface area (Å²) >= 11 is 0. The zero-order chi connectivity index (χ0) is 15.0. The fourth-order valence-corrected chi connectivity index (χ4v) is 2.57. The van der Waals surface area contributed by atoms with Crippen LogP contribution in [-0.2, 0) is 6.54 Å².